The van der Waals surface area contributed by atoms with Crippen molar-refractivity contribution >= 4 is 51.1 Å². The molecule has 0 aromatic heterocycles. The van der Waals surface area contributed by atoms with Crippen LogP contribution in [0.3, 0.4) is 0 Å². The first-order chi connectivity index (χ1) is 15.3. The Balaban J connectivity index is 1.63. The summed E-state index contributed by atoms with van der Waals surface area (Å²) in [6.07, 6.45) is 0.455. The van der Waals surface area contributed by atoms with Crippen LogP contribution in [0.1, 0.15) is 19.4 Å². The van der Waals surface area contributed by atoms with Crippen LogP contribution in [-0.2, 0) is 16.6 Å². The van der Waals surface area contributed by atoms with Crippen LogP contribution in [-0.4, -0.2) is 38.6 Å². The fourth-order valence-electron chi connectivity index (χ4n) is 3.35. The molecule has 1 aliphatic heterocycles. The molecule has 2 aromatic carbocycles. The normalized spacial score (nSPS) is 15.5. The number of benzene rings is 2. The quantitative estimate of drug-likeness (QED) is 0.451. The van der Waals surface area contributed by atoms with Crippen molar-refractivity contribution in [3.63, 3.8) is 0 Å². The Morgan fingerprint density at radius 2 is 1.85 bits per heavy atom. The van der Waals surface area contributed by atoms with Crippen molar-refractivity contribution in [2.45, 2.75) is 30.8 Å². The average Bonchev–Trinajstić information content (AvgIpc) is 2.65. The summed E-state index contributed by atoms with van der Waals surface area (Å²) < 4.78 is 34.6. The maximum atomic E-state index is 12.9. The molecule has 0 bridgehead atoms. The van der Waals surface area contributed by atoms with E-state index in [1.807, 2.05) is 19.9 Å². The Morgan fingerprint density at radius 3 is 2.45 bits per heavy atom. The van der Waals surface area contributed by atoms with Gasteiger partial charge in [-0.2, -0.15) is 13.4 Å². The van der Waals surface area contributed by atoms with Gasteiger partial charge in [-0.15, -0.1) is 3.89 Å². The number of rotatable bonds is 6. The van der Waals surface area contributed by atoms with Crippen LogP contribution in [0, 0.1) is 0 Å². The number of hydrogen-bond acceptors (Lipinski definition) is 8. The van der Waals surface area contributed by atoms with Crippen molar-refractivity contribution in [2.24, 2.45) is 21.5 Å². The van der Waals surface area contributed by atoms with Gasteiger partial charge in [0.2, 0.25) is 11.9 Å². The summed E-state index contributed by atoms with van der Waals surface area (Å²) >= 11 is 6.30. The zero-order valence-corrected chi connectivity index (χ0v) is 19.4. The van der Waals surface area contributed by atoms with E-state index in [1.165, 1.54) is 12.1 Å². The molecule has 1 aliphatic rings. The molecule has 13 heteroatoms. The molecule has 0 unspecified atom stereocenters. The van der Waals surface area contributed by atoms with Crippen molar-refractivity contribution in [1.29, 1.82) is 0 Å². The average molecular weight is 496 g/mol. The van der Waals surface area contributed by atoms with Crippen molar-refractivity contribution in [2.75, 3.05) is 16.8 Å². The molecule has 0 spiro atoms. The van der Waals surface area contributed by atoms with Gasteiger partial charge in [0.25, 0.3) is 0 Å². The topological polar surface area (TPSA) is 155 Å². The Kier molecular flexibility index (Phi) is 6.79. The van der Waals surface area contributed by atoms with Crippen molar-refractivity contribution in [1.82, 2.24) is 5.32 Å². The molecule has 0 radical (unpaired) electrons. The minimum absolute atomic E-state index is 0.0900. The lowest BCUT2D eigenvalue weighted by molar-refractivity contribution is 0.252. The number of halogens is 2. The number of hydrogen-bond donors (Lipinski definition) is 4. The second-order valence-corrected chi connectivity index (χ2v) is 9.46. The van der Waals surface area contributed by atoms with Gasteiger partial charge in [0, 0.05) is 22.9 Å². The van der Waals surface area contributed by atoms with Crippen LogP contribution in [0.25, 0.3) is 0 Å². The third kappa shape index (κ3) is 6.11. The zero-order chi connectivity index (χ0) is 24.4. The number of guanidine groups is 2. The summed E-state index contributed by atoms with van der Waals surface area (Å²) in [5.41, 5.74) is 12.8. The minimum atomic E-state index is -4.79. The lowest BCUT2D eigenvalue weighted by Crippen LogP contribution is -2.54. The lowest BCUT2D eigenvalue weighted by atomic mass is 10.1. The van der Waals surface area contributed by atoms with Gasteiger partial charge in [0.1, 0.15) is 5.66 Å². The van der Waals surface area contributed by atoms with E-state index in [1.54, 1.807) is 17.0 Å². The molecule has 2 aromatic rings. The standard InChI is InChI=1S/C20H23ClFN7O3S/c1-20(2)28-17(23)27-18(24)29(20)15-10-12(9-13(21)11-15)7-8-25-19(30)26-14-3-5-16(6-4-14)33(22,31)32/h3-6,9-11H,7-8H2,1-2H3,(H2,25,26,30)(H4,23,24,27,28). The van der Waals surface area contributed by atoms with E-state index in [0.29, 0.717) is 22.8 Å². The van der Waals surface area contributed by atoms with E-state index >= 15 is 0 Å². The molecule has 33 heavy (non-hydrogen) atoms. The number of nitrogens with two attached hydrogens (primary N) is 2. The highest BCUT2D eigenvalue weighted by atomic mass is 35.5. The van der Waals surface area contributed by atoms with Crippen LogP contribution in [0.2, 0.25) is 5.02 Å². The molecule has 0 saturated heterocycles. The molecule has 3 rings (SSSR count). The summed E-state index contributed by atoms with van der Waals surface area (Å²) in [6.45, 7) is 3.95. The second kappa shape index (κ2) is 9.24. The highest BCUT2D eigenvalue weighted by molar-refractivity contribution is 7.86. The SMILES string of the molecule is CC1(C)N=C(N)N=C(N)N1c1cc(Cl)cc(CCNC(=O)Nc2ccc(S(=O)(=O)F)cc2)c1. The third-order valence-corrected chi connectivity index (χ3v) is 5.74. The van der Waals surface area contributed by atoms with Crippen molar-refractivity contribution in [3.05, 3.63) is 53.1 Å². The number of carbonyl (C=O) groups is 1. The zero-order valence-electron chi connectivity index (χ0n) is 17.8. The monoisotopic (exact) mass is 495 g/mol. The van der Waals surface area contributed by atoms with Crippen molar-refractivity contribution in [3.8, 4) is 0 Å². The lowest BCUT2D eigenvalue weighted by Gasteiger charge is -2.38. The first kappa shape index (κ1) is 24.3. The number of urea groups is 1. The number of carbonyl (C=O) groups excluding carboxylic acids is 1. The van der Waals surface area contributed by atoms with Gasteiger partial charge < -0.3 is 22.1 Å². The van der Waals surface area contributed by atoms with Crippen molar-refractivity contribution < 1.29 is 17.1 Å². The Bertz CT molecular complexity index is 1230. The summed E-state index contributed by atoms with van der Waals surface area (Å²) in [5, 5.41) is 5.70. The molecular weight excluding hydrogens is 473 g/mol. The maximum Gasteiger partial charge on any atom is 0.332 e. The molecule has 176 valence electrons. The molecule has 0 atom stereocenters. The Hall–Kier alpha value is -3.38. The van der Waals surface area contributed by atoms with Gasteiger partial charge in [-0.1, -0.05) is 11.6 Å². The van der Waals surface area contributed by atoms with Crippen LogP contribution in [0.5, 0.6) is 0 Å². The first-order valence-corrected chi connectivity index (χ1v) is 11.5. The summed E-state index contributed by atoms with van der Waals surface area (Å²) in [6, 6.07) is 9.55. The second-order valence-electron chi connectivity index (χ2n) is 7.68. The van der Waals surface area contributed by atoms with E-state index in [2.05, 4.69) is 20.6 Å². The predicted octanol–water partition coefficient (Wildman–Crippen LogP) is 2.55. The van der Waals surface area contributed by atoms with Crippen LogP contribution < -0.4 is 27.0 Å². The highest BCUT2D eigenvalue weighted by Gasteiger charge is 2.33. The van der Waals surface area contributed by atoms with E-state index in [-0.39, 0.29) is 18.5 Å². The van der Waals surface area contributed by atoms with Gasteiger partial charge in [-0.05, 0) is 68.3 Å². The molecule has 6 N–H and O–H groups in total. The summed E-state index contributed by atoms with van der Waals surface area (Å²) in [4.78, 5) is 21.7. The molecule has 0 saturated carbocycles. The molecule has 1 heterocycles. The van der Waals surface area contributed by atoms with Gasteiger partial charge >= 0.3 is 16.3 Å². The molecule has 2 amide bonds. The minimum Gasteiger partial charge on any atom is -0.369 e. The smallest absolute Gasteiger partial charge is 0.332 e. The fraction of sp³-hybridized carbons (Fsp3) is 0.250. The van der Waals surface area contributed by atoms with Gasteiger partial charge in [-0.3, -0.25) is 4.90 Å². The number of nitrogens with one attached hydrogen (secondary N) is 2. The number of nitrogens with zero attached hydrogens (tertiary/aromatic N) is 3. The van der Waals surface area contributed by atoms with Crippen LogP contribution in [0.4, 0.5) is 20.1 Å². The van der Waals surface area contributed by atoms with E-state index in [9.17, 15) is 17.1 Å². The predicted molar refractivity (Wildman–Crippen MR) is 127 cm³/mol. The van der Waals surface area contributed by atoms with Gasteiger partial charge in [0.15, 0.2) is 0 Å². The number of amides is 2. The largest absolute Gasteiger partial charge is 0.369 e. The first-order valence-electron chi connectivity index (χ1n) is 9.74. The van der Waals surface area contributed by atoms with Gasteiger partial charge in [0.05, 0.1) is 4.90 Å². The maximum absolute atomic E-state index is 12.9. The van der Waals surface area contributed by atoms with Gasteiger partial charge in [-0.25, -0.2) is 9.79 Å². The fourth-order valence-corrected chi connectivity index (χ4v) is 4.07. The third-order valence-electron chi connectivity index (χ3n) is 4.69. The highest BCUT2D eigenvalue weighted by Crippen LogP contribution is 2.30. The van der Waals surface area contributed by atoms with Crippen LogP contribution in [0.15, 0.2) is 57.3 Å². The number of anilines is 2. The van der Waals surface area contributed by atoms with E-state index in [0.717, 1.165) is 17.7 Å². The van der Waals surface area contributed by atoms with E-state index < -0.39 is 26.8 Å². The molecular formula is C20H23ClFN7O3S. The van der Waals surface area contributed by atoms with Crippen LogP contribution >= 0.6 is 11.6 Å². The molecule has 10 nitrogen and oxygen atoms in total. The molecule has 0 fully saturated rings. The van der Waals surface area contributed by atoms with E-state index in [4.69, 9.17) is 23.1 Å². The number of aliphatic imine (C=N–C) groups is 2. The molecule has 0 aliphatic carbocycles. The summed E-state index contributed by atoms with van der Waals surface area (Å²) in [5.74, 6) is 0.275. The summed E-state index contributed by atoms with van der Waals surface area (Å²) in [7, 11) is -4.79. The Labute approximate surface area is 195 Å². The Morgan fingerprint density at radius 1 is 1.18 bits per heavy atom.